The number of aromatic nitrogens is 4. The Bertz CT molecular complexity index is 592. The van der Waals surface area contributed by atoms with Gasteiger partial charge in [-0.2, -0.15) is 15.0 Å². The van der Waals surface area contributed by atoms with Crippen molar-refractivity contribution in [3.8, 4) is 11.8 Å². The minimum atomic E-state index is 0.184. The van der Waals surface area contributed by atoms with E-state index in [9.17, 15) is 0 Å². The summed E-state index contributed by atoms with van der Waals surface area (Å²) in [6.45, 7) is 2.66. The lowest BCUT2D eigenvalue weighted by Gasteiger charge is -2.13. The summed E-state index contributed by atoms with van der Waals surface area (Å²) in [4.78, 5) is 18.4. The third-order valence-corrected chi connectivity index (χ3v) is 2.43. The number of hydrogen-bond acceptors (Lipinski definition) is 7. The molecule has 0 spiro atoms. The van der Waals surface area contributed by atoms with Crippen LogP contribution in [0.1, 0.15) is 6.92 Å². The van der Waals surface area contributed by atoms with Gasteiger partial charge in [-0.05, 0) is 6.92 Å². The third kappa shape index (κ3) is 3.67. The van der Waals surface area contributed by atoms with E-state index in [1.807, 2.05) is 21.0 Å². The number of nitrogens with one attached hydrogen (secondary N) is 1. The highest BCUT2D eigenvalue weighted by atomic mass is 35.5. The molecule has 106 valence electrons. The standard InChI is InChI=1S/C12H15ClN6O/c1-4-15-10-16-11(19(2)3)18-12(17-10)20-9-5-8(13)6-14-7-9/h5-7H,4H2,1-3H3,(H,15,16,17,18). The highest BCUT2D eigenvalue weighted by Crippen LogP contribution is 2.22. The molecule has 0 atom stereocenters. The van der Waals surface area contributed by atoms with Crippen molar-refractivity contribution in [2.24, 2.45) is 0 Å². The summed E-state index contributed by atoms with van der Waals surface area (Å²) in [5.41, 5.74) is 0. The van der Waals surface area contributed by atoms with Crippen molar-refractivity contribution in [3.63, 3.8) is 0 Å². The van der Waals surface area contributed by atoms with Crippen molar-refractivity contribution in [1.82, 2.24) is 19.9 Å². The molecule has 0 saturated carbocycles. The van der Waals surface area contributed by atoms with Crippen LogP contribution >= 0.6 is 11.6 Å². The third-order valence-electron chi connectivity index (χ3n) is 2.23. The molecule has 0 saturated heterocycles. The molecule has 2 heterocycles. The van der Waals surface area contributed by atoms with Crippen molar-refractivity contribution < 1.29 is 4.74 Å². The fraction of sp³-hybridized carbons (Fsp3) is 0.333. The smallest absolute Gasteiger partial charge is 0.328 e. The molecular weight excluding hydrogens is 280 g/mol. The van der Waals surface area contributed by atoms with Gasteiger partial charge in [-0.15, -0.1) is 0 Å². The van der Waals surface area contributed by atoms with E-state index in [0.29, 0.717) is 29.2 Å². The van der Waals surface area contributed by atoms with E-state index in [1.165, 1.54) is 12.4 Å². The summed E-state index contributed by atoms with van der Waals surface area (Å²) in [5, 5.41) is 3.51. The van der Waals surface area contributed by atoms with Gasteiger partial charge in [-0.3, -0.25) is 4.98 Å². The Kier molecular flexibility index (Phi) is 4.52. The van der Waals surface area contributed by atoms with Crippen molar-refractivity contribution in [2.45, 2.75) is 6.92 Å². The zero-order valence-corrected chi connectivity index (χ0v) is 12.2. The lowest BCUT2D eigenvalue weighted by Crippen LogP contribution is -2.15. The summed E-state index contributed by atoms with van der Waals surface area (Å²) >= 11 is 5.86. The first-order valence-corrected chi connectivity index (χ1v) is 6.42. The van der Waals surface area contributed by atoms with E-state index in [1.54, 1.807) is 11.0 Å². The first kappa shape index (κ1) is 14.3. The van der Waals surface area contributed by atoms with Gasteiger partial charge in [0.1, 0.15) is 0 Å². The van der Waals surface area contributed by atoms with Gasteiger partial charge in [0.05, 0.1) is 11.2 Å². The first-order valence-electron chi connectivity index (χ1n) is 6.04. The second-order valence-corrected chi connectivity index (χ2v) is 4.54. The molecule has 0 aliphatic rings. The Morgan fingerprint density at radius 3 is 2.70 bits per heavy atom. The topological polar surface area (TPSA) is 76.1 Å². The van der Waals surface area contributed by atoms with E-state index in [0.717, 1.165) is 0 Å². The molecule has 0 aliphatic carbocycles. The predicted molar refractivity (Wildman–Crippen MR) is 77.6 cm³/mol. The number of hydrogen-bond donors (Lipinski definition) is 1. The van der Waals surface area contributed by atoms with Crippen LogP contribution in [0.4, 0.5) is 11.9 Å². The van der Waals surface area contributed by atoms with Gasteiger partial charge in [0, 0.05) is 32.9 Å². The van der Waals surface area contributed by atoms with E-state index in [-0.39, 0.29) is 6.01 Å². The average Bonchev–Trinajstić information content (AvgIpc) is 2.38. The van der Waals surface area contributed by atoms with Crippen LogP contribution < -0.4 is 15.0 Å². The van der Waals surface area contributed by atoms with Crippen molar-refractivity contribution in [3.05, 3.63) is 23.5 Å². The van der Waals surface area contributed by atoms with Crippen molar-refractivity contribution >= 4 is 23.5 Å². The minimum absolute atomic E-state index is 0.184. The van der Waals surface area contributed by atoms with Crippen LogP contribution in [0.3, 0.4) is 0 Å². The van der Waals surface area contributed by atoms with Gasteiger partial charge in [0.25, 0.3) is 0 Å². The molecule has 20 heavy (non-hydrogen) atoms. The molecule has 0 fully saturated rings. The Morgan fingerprint density at radius 1 is 1.25 bits per heavy atom. The quantitative estimate of drug-likeness (QED) is 0.906. The monoisotopic (exact) mass is 294 g/mol. The Balaban J connectivity index is 2.30. The number of anilines is 2. The summed E-state index contributed by atoms with van der Waals surface area (Å²) < 4.78 is 5.56. The average molecular weight is 295 g/mol. The normalized spacial score (nSPS) is 10.2. The van der Waals surface area contributed by atoms with E-state index < -0.39 is 0 Å². The van der Waals surface area contributed by atoms with Crippen LogP contribution in [0.2, 0.25) is 5.02 Å². The Morgan fingerprint density at radius 2 is 2.05 bits per heavy atom. The molecule has 0 unspecified atom stereocenters. The molecule has 8 heteroatoms. The molecule has 0 aromatic carbocycles. The largest absolute Gasteiger partial charge is 0.422 e. The van der Waals surface area contributed by atoms with Gasteiger partial charge >= 0.3 is 6.01 Å². The summed E-state index contributed by atoms with van der Waals surface area (Å²) in [6.07, 6.45) is 3.06. The summed E-state index contributed by atoms with van der Waals surface area (Å²) in [6, 6.07) is 1.82. The molecule has 0 radical (unpaired) electrons. The van der Waals surface area contributed by atoms with Crippen LogP contribution in [0.25, 0.3) is 0 Å². The molecule has 0 bridgehead atoms. The lowest BCUT2D eigenvalue weighted by molar-refractivity contribution is 0.438. The van der Waals surface area contributed by atoms with Crippen LogP contribution in [0.5, 0.6) is 11.8 Å². The van der Waals surface area contributed by atoms with Crippen LogP contribution in [0, 0.1) is 0 Å². The molecule has 7 nitrogen and oxygen atoms in total. The highest BCUT2D eigenvalue weighted by molar-refractivity contribution is 6.30. The number of rotatable bonds is 5. The van der Waals surface area contributed by atoms with E-state index >= 15 is 0 Å². The second kappa shape index (κ2) is 6.33. The minimum Gasteiger partial charge on any atom is -0.422 e. The number of pyridine rings is 1. The SMILES string of the molecule is CCNc1nc(Oc2cncc(Cl)c2)nc(N(C)C)n1. The molecule has 2 rings (SSSR count). The van der Waals surface area contributed by atoms with E-state index in [4.69, 9.17) is 16.3 Å². The Hall–Kier alpha value is -2.15. The zero-order valence-electron chi connectivity index (χ0n) is 11.5. The second-order valence-electron chi connectivity index (χ2n) is 4.11. The molecule has 0 amide bonds. The lowest BCUT2D eigenvalue weighted by atomic mass is 10.5. The van der Waals surface area contributed by atoms with Gasteiger partial charge in [0.15, 0.2) is 5.75 Å². The molecule has 1 N–H and O–H groups in total. The van der Waals surface area contributed by atoms with Crippen molar-refractivity contribution in [2.75, 3.05) is 30.9 Å². The fourth-order valence-corrected chi connectivity index (χ4v) is 1.55. The fourth-order valence-electron chi connectivity index (χ4n) is 1.38. The van der Waals surface area contributed by atoms with Crippen LogP contribution in [-0.2, 0) is 0 Å². The van der Waals surface area contributed by atoms with Crippen LogP contribution in [0.15, 0.2) is 18.5 Å². The van der Waals surface area contributed by atoms with Gasteiger partial charge < -0.3 is 15.0 Å². The number of ether oxygens (including phenoxy) is 1. The zero-order chi connectivity index (χ0) is 14.5. The number of halogens is 1. The highest BCUT2D eigenvalue weighted by Gasteiger charge is 2.10. The molecule has 2 aromatic rings. The van der Waals surface area contributed by atoms with Gasteiger partial charge in [-0.25, -0.2) is 0 Å². The van der Waals surface area contributed by atoms with E-state index in [2.05, 4.69) is 25.3 Å². The maximum atomic E-state index is 5.86. The van der Waals surface area contributed by atoms with Gasteiger partial charge in [0.2, 0.25) is 11.9 Å². The summed E-state index contributed by atoms with van der Waals surface area (Å²) in [5.74, 6) is 1.42. The summed E-state index contributed by atoms with van der Waals surface area (Å²) in [7, 11) is 3.69. The Labute approximate surface area is 122 Å². The predicted octanol–water partition coefficient (Wildman–Crippen LogP) is 2.21. The maximum Gasteiger partial charge on any atom is 0.328 e. The van der Waals surface area contributed by atoms with Gasteiger partial charge in [-0.1, -0.05) is 11.6 Å². The molecular formula is C12H15ClN6O. The first-order chi connectivity index (χ1) is 9.58. The van der Waals surface area contributed by atoms with Crippen molar-refractivity contribution in [1.29, 1.82) is 0 Å². The molecule has 2 aromatic heterocycles. The van der Waals surface area contributed by atoms with Crippen LogP contribution in [-0.4, -0.2) is 40.6 Å². The number of nitrogens with zero attached hydrogens (tertiary/aromatic N) is 5. The molecule has 0 aliphatic heterocycles. The maximum absolute atomic E-state index is 5.86.